The van der Waals surface area contributed by atoms with Crippen LogP contribution in [0.1, 0.15) is 29.3 Å². The highest BCUT2D eigenvalue weighted by atomic mass is 16.5. The number of benzene rings is 1. The number of amides is 1. The van der Waals surface area contributed by atoms with E-state index < -0.39 is 24.0 Å². The van der Waals surface area contributed by atoms with Crippen LogP contribution >= 0.6 is 0 Å². The second kappa shape index (κ2) is 12.0. The molecule has 11 heteroatoms. The third-order valence-corrected chi connectivity index (χ3v) is 4.34. The molecule has 0 radical (unpaired) electrons. The molecule has 2 rings (SSSR count). The van der Waals surface area contributed by atoms with Crippen molar-refractivity contribution in [1.29, 1.82) is 5.26 Å². The molecule has 174 valence electrons. The number of carbonyl (C=O) groups is 2. The summed E-state index contributed by atoms with van der Waals surface area (Å²) in [4.78, 5) is 35.8. The Morgan fingerprint density at radius 1 is 1.33 bits per heavy atom. The van der Waals surface area contributed by atoms with Crippen LogP contribution in [0, 0.1) is 18.3 Å². The predicted molar refractivity (Wildman–Crippen MR) is 117 cm³/mol. The lowest BCUT2D eigenvalue weighted by Gasteiger charge is -2.13. The van der Waals surface area contributed by atoms with E-state index in [1.165, 1.54) is 17.9 Å². The van der Waals surface area contributed by atoms with Crippen LogP contribution in [-0.4, -0.2) is 48.1 Å². The average Bonchev–Trinajstić information content (AvgIpc) is 2.76. The van der Waals surface area contributed by atoms with Crippen LogP contribution in [0.2, 0.25) is 0 Å². The van der Waals surface area contributed by atoms with E-state index in [1.807, 2.05) is 6.07 Å². The van der Waals surface area contributed by atoms with Crippen molar-refractivity contribution in [3.63, 3.8) is 0 Å². The first-order valence-electron chi connectivity index (χ1n) is 9.87. The Bertz CT molecular complexity index is 1150. The van der Waals surface area contributed by atoms with Crippen molar-refractivity contribution in [1.82, 2.24) is 9.99 Å². The number of hydrazone groups is 1. The SMILES string of the molecule is CCOc1cccc(/C=N/NC(=O)Cn2c(C)cc(COC)c(C#N)c2=O)c1OCC(=O)O. The van der Waals surface area contributed by atoms with Crippen LogP contribution in [0.15, 0.2) is 34.2 Å². The molecule has 0 spiro atoms. The molecule has 1 aromatic heterocycles. The molecule has 0 atom stereocenters. The Labute approximate surface area is 189 Å². The second-order valence-electron chi connectivity index (χ2n) is 6.71. The van der Waals surface area contributed by atoms with Gasteiger partial charge in [0.2, 0.25) is 0 Å². The van der Waals surface area contributed by atoms with Gasteiger partial charge < -0.3 is 23.9 Å². The molecule has 0 fully saturated rings. The number of nitriles is 1. The first-order valence-corrected chi connectivity index (χ1v) is 9.87. The van der Waals surface area contributed by atoms with E-state index in [0.717, 1.165) is 0 Å². The number of aliphatic carboxylic acids is 1. The summed E-state index contributed by atoms with van der Waals surface area (Å²) in [6.07, 6.45) is 1.27. The summed E-state index contributed by atoms with van der Waals surface area (Å²) in [5.41, 5.74) is 2.93. The second-order valence-corrected chi connectivity index (χ2v) is 6.71. The van der Waals surface area contributed by atoms with Crippen molar-refractivity contribution < 1.29 is 28.9 Å². The van der Waals surface area contributed by atoms with Gasteiger partial charge in [-0.1, -0.05) is 6.07 Å². The number of aryl methyl sites for hydroxylation is 1. The molecule has 0 aliphatic carbocycles. The van der Waals surface area contributed by atoms with Crippen LogP contribution < -0.4 is 20.5 Å². The number of ether oxygens (including phenoxy) is 3. The van der Waals surface area contributed by atoms with Gasteiger partial charge in [0.1, 0.15) is 18.2 Å². The Morgan fingerprint density at radius 2 is 2.09 bits per heavy atom. The summed E-state index contributed by atoms with van der Waals surface area (Å²) in [5.74, 6) is -1.27. The Hall–Kier alpha value is -4.17. The third kappa shape index (κ3) is 6.65. The lowest BCUT2D eigenvalue weighted by molar-refractivity contribution is -0.139. The van der Waals surface area contributed by atoms with E-state index in [0.29, 0.717) is 29.2 Å². The van der Waals surface area contributed by atoms with Gasteiger partial charge in [-0.05, 0) is 32.0 Å². The monoisotopic (exact) mass is 456 g/mol. The van der Waals surface area contributed by atoms with E-state index >= 15 is 0 Å². The summed E-state index contributed by atoms with van der Waals surface area (Å²) in [6.45, 7) is 2.91. The van der Waals surface area contributed by atoms with Crippen molar-refractivity contribution in [2.45, 2.75) is 27.0 Å². The van der Waals surface area contributed by atoms with Gasteiger partial charge in [-0.2, -0.15) is 10.4 Å². The summed E-state index contributed by atoms with van der Waals surface area (Å²) >= 11 is 0. The summed E-state index contributed by atoms with van der Waals surface area (Å²) < 4.78 is 16.9. The Balaban J connectivity index is 2.20. The fourth-order valence-corrected chi connectivity index (χ4v) is 2.96. The van der Waals surface area contributed by atoms with Crippen LogP contribution in [0.25, 0.3) is 0 Å². The van der Waals surface area contributed by atoms with Gasteiger partial charge in [0.05, 0.1) is 19.4 Å². The highest BCUT2D eigenvalue weighted by molar-refractivity contribution is 5.86. The van der Waals surface area contributed by atoms with Crippen molar-refractivity contribution in [2.24, 2.45) is 5.10 Å². The Kier molecular flexibility index (Phi) is 9.14. The minimum absolute atomic E-state index is 0.0910. The lowest BCUT2D eigenvalue weighted by Crippen LogP contribution is -2.33. The number of carbonyl (C=O) groups excluding carboxylic acids is 1. The highest BCUT2D eigenvalue weighted by Crippen LogP contribution is 2.30. The van der Waals surface area contributed by atoms with Gasteiger partial charge >= 0.3 is 5.97 Å². The smallest absolute Gasteiger partial charge is 0.341 e. The number of hydrogen-bond acceptors (Lipinski definition) is 8. The minimum atomic E-state index is -1.16. The maximum Gasteiger partial charge on any atom is 0.341 e. The molecule has 33 heavy (non-hydrogen) atoms. The molecule has 0 unspecified atom stereocenters. The molecule has 0 saturated heterocycles. The molecule has 11 nitrogen and oxygen atoms in total. The zero-order chi connectivity index (χ0) is 24.4. The standard InChI is InChI=1S/C22H24N4O7/c1-4-32-18-7-5-6-15(21(18)33-13-20(28)29)10-24-25-19(27)11-26-14(2)8-16(12-31-3)17(9-23)22(26)30/h5-8,10H,4,11-13H2,1-3H3,(H,25,27)(H,28,29)/b24-10+. The van der Waals surface area contributed by atoms with Crippen molar-refractivity contribution in [3.8, 4) is 17.6 Å². The summed E-state index contributed by atoms with van der Waals surface area (Å²) in [6, 6.07) is 8.36. The molecule has 0 aliphatic heterocycles. The molecular weight excluding hydrogens is 432 g/mol. The van der Waals surface area contributed by atoms with Gasteiger partial charge in [0.15, 0.2) is 18.1 Å². The number of rotatable bonds is 11. The van der Waals surface area contributed by atoms with Crippen molar-refractivity contribution in [3.05, 3.63) is 57.0 Å². The van der Waals surface area contributed by atoms with Gasteiger partial charge in [0, 0.05) is 23.9 Å². The van der Waals surface area contributed by atoms with E-state index in [-0.39, 0.29) is 24.5 Å². The van der Waals surface area contributed by atoms with Crippen LogP contribution in [0.4, 0.5) is 0 Å². The van der Waals surface area contributed by atoms with E-state index in [1.54, 1.807) is 38.1 Å². The Morgan fingerprint density at radius 3 is 2.73 bits per heavy atom. The van der Waals surface area contributed by atoms with Crippen molar-refractivity contribution >= 4 is 18.1 Å². The van der Waals surface area contributed by atoms with E-state index in [9.17, 15) is 19.6 Å². The van der Waals surface area contributed by atoms with Gasteiger partial charge in [0.25, 0.3) is 11.5 Å². The molecule has 2 N–H and O–H groups in total. The number of aromatic nitrogens is 1. The minimum Gasteiger partial charge on any atom is -0.490 e. The van der Waals surface area contributed by atoms with Gasteiger partial charge in [-0.3, -0.25) is 9.59 Å². The number of carboxylic acid groups (broad SMARTS) is 1. The fourth-order valence-electron chi connectivity index (χ4n) is 2.96. The third-order valence-electron chi connectivity index (χ3n) is 4.34. The normalized spacial score (nSPS) is 10.6. The van der Waals surface area contributed by atoms with Gasteiger partial charge in [-0.25, -0.2) is 10.2 Å². The topological polar surface area (TPSA) is 152 Å². The summed E-state index contributed by atoms with van der Waals surface area (Å²) in [7, 11) is 1.45. The highest BCUT2D eigenvalue weighted by Gasteiger charge is 2.15. The van der Waals surface area contributed by atoms with E-state index in [4.69, 9.17) is 19.3 Å². The number of nitrogens with one attached hydrogen (secondary N) is 1. The lowest BCUT2D eigenvalue weighted by atomic mass is 10.1. The molecule has 1 heterocycles. The van der Waals surface area contributed by atoms with Crippen LogP contribution in [-0.2, 0) is 27.5 Å². The van der Waals surface area contributed by atoms with Gasteiger partial charge in [-0.15, -0.1) is 0 Å². The average molecular weight is 456 g/mol. The quantitative estimate of drug-likeness (QED) is 0.378. The van der Waals surface area contributed by atoms with E-state index in [2.05, 4.69) is 10.5 Å². The predicted octanol–water partition coefficient (Wildman–Crippen LogP) is 1.19. The maximum absolute atomic E-state index is 12.6. The molecular formula is C22H24N4O7. The van der Waals surface area contributed by atoms with Crippen LogP contribution in [0.5, 0.6) is 11.5 Å². The maximum atomic E-state index is 12.6. The number of hydrogen-bond donors (Lipinski definition) is 2. The number of pyridine rings is 1. The zero-order valence-electron chi connectivity index (χ0n) is 18.5. The first kappa shape index (κ1) is 25.1. The number of carboxylic acids is 1. The van der Waals surface area contributed by atoms with Crippen LogP contribution in [0.3, 0.4) is 0 Å². The number of para-hydroxylation sites is 1. The molecule has 2 aromatic rings. The first-order chi connectivity index (χ1) is 15.8. The number of methoxy groups -OCH3 is 1. The number of nitrogens with zero attached hydrogens (tertiary/aromatic N) is 3. The summed E-state index contributed by atoms with van der Waals surface area (Å²) in [5, 5.41) is 22.1. The molecule has 0 bridgehead atoms. The molecule has 1 amide bonds. The van der Waals surface area contributed by atoms with Crippen molar-refractivity contribution in [2.75, 3.05) is 20.3 Å². The molecule has 1 aromatic carbocycles. The molecule has 0 aliphatic rings. The largest absolute Gasteiger partial charge is 0.490 e. The molecule has 0 saturated carbocycles. The zero-order valence-corrected chi connectivity index (χ0v) is 18.5. The fraction of sp³-hybridized carbons (Fsp3) is 0.318.